The van der Waals surface area contributed by atoms with E-state index in [1.807, 2.05) is 6.92 Å². The molecule has 0 bridgehead atoms. The summed E-state index contributed by atoms with van der Waals surface area (Å²) in [6, 6.07) is 5.87. The lowest BCUT2D eigenvalue weighted by atomic mass is 10.3. The van der Waals surface area contributed by atoms with Crippen molar-refractivity contribution in [2.45, 2.75) is 18.6 Å². The quantitative estimate of drug-likeness (QED) is 0.820. The Balaban J connectivity index is 2.30. The molecule has 3 N–H and O–H groups in total. The van der Waals surface area contributed by atoms with E-state index in [1.165, 1.54) is 12.1 Å². The molecule has 17 heavy (non-hydrogen) atoms. The summed E-state index contributed by atoms with van der Waals surface area (Å²) in [5.74, 6) is 0.265. The fraction of sp³-hybridized carbons (Fsp3) is 0.417. The Bertz CT molecular complexity index is 373. The highest BCUT2D eigenvalue weighted by atomic mass is 32.2. The van der Waals surface area contributed by atoms with Crippen LogP contribution in [0, 0.1) is 5.82 Å². The van der Waals surface area contributed by atoms with Crippen molar-refractivity contribution in [2.24, 2.45) is 5.73 Å². The zero-order valence-corrected chi connectivity index (χ0v) is 10.6. The van der Waals surface area contributed by atoms with E-state index in [-0.39, 0.29) is 11.7 Å². The van der Waals surface area contributed by atoms with Gasteiger partial charge in [0.1, 0.15) is 5.82 Å². The lowest BCUT2D eigenvalue weighted by Crippen LogP contribution is -2.16. The molecule has 94 valence electrons. The first-order valence-corrected chi connectivity index (χ1v) is 6.54. The van der Waals surface area contributed by atoms with Crippen LogP contribution in [-0.4, -0.2) is 23.5 Å². The minimum atomic E-state index is -0.353. The van der Waals surface area contributed by atoms with Crippen LogP contribution in [0.2, 0.25) is 0 Å². The number of hydrogen-bond acceptors (Lipinski definition) is 3. The Morgan fingerprint density at radius 1 is 1.59 bits per heavy atom. The predicted octanol–water partition coefficient (Wildman–Crippen LogP) is 2.23. The normalized spacial score (nSPS) is 12.2. The summed E-state index contributed by atoms with van der Waals surface area (Å²) in [5.41, 5.74) is 5.96. The molecule has 0 saturated carbocycles. The molecule has 1 rings (SSSR count). The van der Waals surface area contributed by atoms with E-state index in [0.717, 1.165) is 5.75 Å². The standard InChI is InChI=1S/C12H17FN2OS/c1-9(8-14)17-6-5-12(16)15-11-4-2-3-10(13)7-11/h2-4,7,9H,5-6,8,14H2,1H3,(H,15,16). The van der Waals surface area contributed by atoms with E-state index in [1.54, 1.807) is 23.9 Å². The van der Waals surface area contributed by atoms with Crippen LogP contribution in [-0.2, 0) is 4.79 Å². The Kier molecular flexibility index (Phi) is 6.00. The molecule has 1 amide bonds. The molecule has 3 nitrogen and oxygen atoms in total. The van der Waals surface area contributed by atoms with E-state index < -0.39 is 0 Å². The number of nitrogens with two attached hydrogens (primary N) is 1. The summed E-state index contributed by atoms with van der Waals surface area (Å²) < 4.78 is 12.9. The van der Waals surface area contributed by atoms with Gasteiger partial charge in [-0.2, -0.15) is 11.8 Å². The van der Waals surface area contributed by atoms with Crippen molar-refractivity contribution in [3.05, 3.63) is 30.1 Å². The first-order chi connectivity index (χ1) is 8.11. The molecule has 0 aliphatic rings. The van der Waals surface area contributed by atoms with Gasteiger partial charge < -0.3 is 11.1 Å². The van der Waals surface area contributed by atoms with E-state index in [4.69, 9.17) is 5.73 Å². The van der Waals surface area contributed by atoms with E-state index >= 15 is 0 Å². The smallest absolute Gasteiger partial charge is 0.225 e. The van der Waals surface area contributed by atoms with Gasteiger partial charge in [0.2, 0.25) is 5.91 Å². The molecule has 5 heteroatoms. The number of benzene rings is 1. The third kappa shape index (κ3) is 5.70. The Morgan fingerprint density at radius 3 is 3.00 bits per heavy atom. The van der Waals surface area contributed by atoms with E-state index in [9.17, 15) is 9.18 Å². The van der Waals surface area contributed by atoms with Crippen LogP contribution >= 0.6 is 11.8 Å². The molecule has 0 aliphatic heterocycles. The summed E-state index contributed by atoms with van der Waals surface area (Å²) in [7, 11) is 0. The molecule has 1 unspecified atom stereocenters. The van der Waals surface area contributed by atoms with Crippen LogP contribution in [0.25, 0.3) is 0 Å². The van der Waals surface area contributed by atoms with Gasteiger partial charge in [0.25, 0.3) is 0 Å². The summed E-state index contributed by atoms with van der Waals surface area (Å²) in [5, 5.41) is 3.01. The third-order valence-electron chi connectivity index (χ3n) is 2.17. The molecule has 0 spiro atoms. The van der Waals surface area contributed by atoms with Crippen molar-refractivity contribution >= 4 is 23.4 Å². The van der Waals surface area contributed by atoms with Crippen molar-refractivity contribution < 1.29 is 9.18 Å². The molecule has 0 aromatic heterocycles. The number of carbonyl (C=O) groups excluding carboxylic acids is 1. The van der Waals surface area contributed by atoms with Gasteiger partial charge in [0, 0.05) is 29.7 Å². The molecule has 1 aromatic carbocycles. The fourth-order valence-electron chi connectivity index (χ4n) is 1.21. The van der Waals surface area contributed by atoms with Crippen LogP contribution < -0.4 is 11.1 Å². The van der Waals surface area contributed by atoms with Crippen molar-refractivity contribution in [3.63, 3.8) is 0 Å². The monoisotopic (exact) mass is 256 g/mol. The number of halogens is 1. The van der Waals surface area contributed by atoms with Gasteiger partial charge in [-0.3, -0.25) is 4.79 Å². The molecule has 1 atom stereocenters. The maximum Gasteiger partial charge on any atom is 0.225 e. The summed E-state index contributed by atoms with van der Waals surface area (Å²) >= 11 is 1.66. The minimum Gasteiger partial charge on any atom is -0.329 e. The zero-order valence-electron chi connectivity index (χ0n) is 9.78. The molecule has 0 fully saturated rings. The van der Waals surface area contributed by atoms with Gasteiger partial charge >= 0.3 is 0 Å². The SMILES string of the molecule is CC(CN)SCCC(=O)Nc1cccc(F)c1. The van der Waals surface area contributed by atoms with Gasteiger partial charge in [-0.25, -0.2) is 4.39 Å². The first-order valence-electron chi connectivity index (χ1n) is 5.49. The van der Waals surface area contributed by atoms with Crippen molar-refractivity contribution in [1.82, 2.24) is 0 Å². The van der Waals surface area contributed by atoms with Crippen LogP contribution in [0.1, 0.15) is 13.3 Å². The van der Waals surface area contributed by atoms with Gasteiger partial charge in [0.15, 0.2) is 0 Å². The van der Waals surface area contributed by atoms with Crippen molar-refractivity contribution in [3.8, 4) is 0 Å². The highest BCUT2D eigenvalue weighted by molar-refractivity contribution is 7.99. The Hall–Kier alpha value is -1.07. The Labute approximate surface area is 105 Å². The number of amides is 1. The summed E-state index contributed by atoms with van der Waals surface area (Å²) in [4.78, 5) is 11.5. The molecule has 0 radical (unpaired) electrons. The number of rotatable bonds is 6. The topological polar surface area (TPSA) is 55.1 Å². The fourth-order valence-corrected chi connectivity index (χ4v) is 2.05. The number of carbonyl (C=O) groups is 1. The van der Waals surface area contributed by atoms with Crippen LogP contribution in [0.4, 0.5) is 10.1 Å². The van der Waals surface area contributed by atoms with Crippen LogP contribution in [0.15, 0.2) is 24.3 Å². The van der Waals surface area contributed by atoms with Crippen LogP contribution in [0.3, 0.4) is 0 Å². The van der Waals surface area contributed by atoms with Crippen molar-refractivity contribution in [2.75, 3.05) is 17.6 Å². The highest BCUT2D eigenvalue weighted by Gasteiger charge is 2.05. The zero-order chi connectivity index (χ0) is 12.7. The average Bonchev–Trinajstić information content (AvgIpc) is 2.28. The second-order valence-corrected chi connectivity index (χ2v) is 5.27. The maximum absolute atomic E-state index is 12.9. The average molecular weight is 256 g/mol. The number of hydrogen-bond donors (Lipinski definition) is 2. The van der Waals surface area contributed by atoms with Gasteiger partial charge in [-0.1, -0.05) is 13.0 Å². The summed E-state index contributed by atoms with van der Waals surface area (Å²) in [6.45, 7) is 2.63. The summed E-state index contributed by atoms with van der Waals surface area (Å²) in [6.07, 6.45) is 0.408. The van der Waals surface area contributed by atoms with Crippen molar-refractivity contribution in [1.29, 1.82) is 0 Å². The lowest BCUT2D eigenvalue weighted by Gasteiger charge is -2.08. The first kappa shape index (κ1) is 14.0. The van der Waals surface area contributed by atoms with E-state index in [0.29, 0.717) is 23.9 Å². The number of anilines is 1. The third-order valence-corrected chi connectivity index (χ3v) is 3.37. The van der Waals surface area contributed by atoms with Gasteiger partial charge in [-0.15, -0.1) is 0 Å². The highest BCUT2D eigenvalue weighted by Crippen LogP contribution is 2.12. The second kappa shape index (κ2) is 7.29. The molecule has 0 heterocycles. The van der Waals surface area contributed by atoms with Gasteiger partial charge in [-0.05, 0) is 18.2 Å². The second-order valence-electron chi connectivity index (χ2n) is 3.73. The number of thioether (sulfide) groups is 1. The molecular formula is C12H17FN2OS. The van der Waals surface area contributed by atoms with Gasteiger partial charge in [0.05, 0.1) is 0 Å². The van der Waals surface area contributed by atoms with E-state index in [2.05, 4.69) is 5.32 Å². The molecule has 0 saturated heterocycles. The maximum atomic E-state index is 12.9. The lowest BCUT2D eigenvalue weighted by molar-refractivity contribution is -0.115. The molecular weight excluding hydrogens is 239 g/mol. The molecule has 0 aliphatic carbocycles. The molecule has 1 aromatic rings. The Morgan fingerprint density at radius 2 is 2.35 bits per heavy atom. The van der Waals surface area contributed by atoms with Crippen LogP contribution in [0.5, 0.6) is 0 Å². The minimum absolute atomic E-state index is 0.104. The largest absolute Gasteiger partial charge is 0.329 e. The predicted molar refractivity (Wildman–Crippen MR) is 70.6 cm³/mol. The number of nitrogens with one attached hydrogen (secondary N) is 1.